The number of Topliss-reactive ketones (excluding diaryl/α,β-unsaturated/α-hetero) is 1. The molecule has 0 aromatic heterocycles. The number of benzene rings is 3. The number of fused-ring (bicyclic) bond motifs is 5. The summed E-state index contributed by atoms with van der Waals surface area (Å²) in [5.74, 6) is 2.01. The molecular formula is C46H41N2O11+. The molecule has 1 saturated carbocycles. The summed E-state index contributed by atoms with van der Waals surface area (Å²) in [6.45, 7) is -0.331. The van der Waals surface area contributed by atoms with Crippen molar-refractivity contribution in [2.24, 2.45) is 0 Å². The Bertz CT molecular complexity index is 2570. The van der Waals surface area contributed by atoms with Crippen LogP contribution in [0.3, 0.4) is 0 Å². The van der Waals surface area contributed by atoms with E-state index in [2.05, 4.69) is 17.0 Å². The standard InChI is InChI=1S/C46H40N2O11/c1-55-35-18-25-17-28(23-7-2-3-8-23)39-33(50)21-48-20-30-24(9-4-11-26(30)45(48)54)10-6-16-56-44-40(51)36-22-57-34(29-19-47-31-12-5-13-32(49)38(29)31)15-14-27(35)43(37(25)41(39)52)59-46(58-36)42(44)53/h4-5,9,11-15,17-19,23,34,36,40,42,44,46,51-53H,2-3,7-8,10,20-22H2,1H3/p+1. The number of hydrogen-bond acceptors (Lipinski definition) is 11. The average Bonchev–Trinajstić information content (AvgIpc) is 3.99. The molecule has 2 fully saturated rings. The Morgan fingerprint density at radius 2 is 1.88 bits per heavy atom. The predicted octanol–water partition coefficient (Wildman–Crippen LogP) is 2.67. The molecule has 1 amide bonds. The van der Waals surface area contributed by atoms with Gasteiger partial charge in [-0.2, -0.15) is 0 Å². The number of aromatic hydroxyl groups is 1. The second kappa shape index (κ2) is 14.7. The van der Waals surface area contributed by atoms with Gasteiger partial charge in [0, 0.05) is 24.6 Å². The number of phenolic OH excluding ortho intramolecular Hbond substituents is 1. The number of carbonyl (C=O) groups excluding carboxylic acids is 3. The molecule has 0 radical (unpaired) electrons. The number of phenols is 1. The molecule has 59 heavy (non-hydrogen) atoms. The molecule has 7 aliphatic rings. The highest BCUT2D eigenvalue weighted by Gasteiger charge is 2.49. The van der Waals surface area contributed by atoms with Crippen molar-refractivity contribution >= 4 is 40.5 Å². The van der Waals surface area contributed by atoms with Crippen LogP contribution in [-0.2, 0) is 32.0 Å². The maximum absolute atomic E-state index is 14.7. The maximum Gasteiger partial charge on any atom is 0.254 e. The molecule has 13 heteroatoms. The highest BCUT2D eigenvalue weighted by Crippen LogP contribution is 2.49. The van der Waals surface area contributed by atoms with Gasteiger partial charge in [0.05, 0.1) is 42.3 Å². The van der Waals surface area contributed by atoms with Crippen molar-refractivity contribution in [3.8, 4) is 29.3 Å². The van der Waals surface area contributed by atoms with Crippen LogP contribution in [0, 0.1) is 12.0 Å². The second-order valence-electron chi connectivity index (χ2n) is 15.8. The summed E-state index contributed by atoms with van der Waals surface area (Å²) in [6.07, 6.45) is 8.41. The smallest absolute Gasteiger partial charge is 0.254 e. The van der Waals surface area contributed by atoms with Gasteiger partial charge < -0.3 is 43.9 Å². The number of aliphatic hydroxyl groups is 2. The van der Waals surface area contributed by atoms with Crippen molar-refractivity contribution in [1.82, 2.24) is 4.90 Å². The summed E-state index contributed by atoms with van der Waals surface area (Å²) >= 11 is 0. The minimum absolute atomic E-state index is 0.0173. The van der Waals surface area contributed by atoms with Gasteiger partial charge in [-0.3, -0.25) is 14.4 Å². The van der Waals surface area contributed by atoms with Crippen LogP contribution >= 0.6 is 0 Å². The van der Waals surface area contributed by atoms with E-state index in [9.17, 15) is 29.7 Å². The van der Waals surface area contributed by atoms with E-state index in [4.69, 9.17) is 23.7 Å². The summed E-state index contributed by atoms with van der Waals surface area (Å²) in [5, 5.41) is 36.8. The molecule has 6 atom stereocenters. The van der Waals surface area contributed by atoms with Gasteiger partial charge in [-0.15, -0.1) is 0 Å². The van der Waals surface area contributed by atoms with E-state index in [0.717, 1.165) is 36.8 Å². The molecule has 3 aromatic carbocycles. The number of nitrogens with zero attached hydrogens (tertiary/aromatic N) is 1. The predicted molar refractivity (Wildman–Crippen MR) is 212 cm³/mol. The van der Waals surface area contributed by atoms with Crippen molar-refractivity contribution in [2.75, 3.05) is 20.3 Å². The highest BCUT2D eigenvalue weighted by atomic mass is 16.7. The molecule has 8 bridgehead atoms. The molecule has 5 aliphatic heterocycles. The van der Waals surface area contributed by atoms with Crippen LogP contribution < -0.4 is 14.5 Å². The van der Waals surface area contributed by atoms with Crippen molar-refractivity contribution in [3.63, 3.8) is 0 Å². The molecular weight excluding hydrogens is 757 g/mol. The maximum atomic E-state index is 14.7. The number of rotatable bonds is 3. The summed E-state index contributed by atoms with van der Waals surface area (Å²) in [6, 6.07) is 8.99. The number of nitrogens with one attached hydrogen (secondary N) is 1. The number of methoxy groups -OCH3 is 1. The topological polar surface area (TPSA) is 175 Å². The second-order valence-corrected chi connectivity index (χ2v) is 15.8. The molecule has 10 rings (SSSR count). The first-order valence-electron chi connectivity index (χ1n) is 19.9. The van der Waals surface area contributed by atoms with Gasteiger partial charge >= 0.3 is 0 Å². The summed E-state index contributed by atoms with van der Waals surface area (Å²) < 4.78 is 31.3. The third-order valence-electron chi connectivity index (χ3n) is 12.5. The van der Waals surface area contributed by atoms with Gasteiger partial charge in [0.15, 0.2) is 30.0 Å². The minimum Gasteiger partial charge on any atom is -0.506 e. The summed E-state index contributed by atoms with van der Waals surface area (Å²) in [7, 11) is 1.49. The lowest BCUT2D eigenvalue weighted by Crippen LogP contribution is -2.64. The Morgan fingerprint density at radius 3 is 2.71 bits per heavy atom. The molecule has 2 aliphatic carbocycles. The number of hydrogen-bond donors (Lipinski definition) is 4. The first-order chi connectivity index (χ1) is 28.7. The Balaban J connectivity index is 1.21. The van der Waals surface area contributed by atoms with Crippen LogP contribution in [0.5, 0.6) is 17.2 Å². The lowest BCUT2D eigenvalue weighted by molar-refractivity contribution is -0.382. The van der Waals surface area contributed by atoms with Gasteiger partial charge in [0.2, 0.25) is 12.0 Å². The Labute approximate surface area is 338 Å². The van der Waals surface area contributed by atoms with Gasteiger partial charge in [-0.05, 0) is 71.2 Å². The highest BCUT2D eigenvalue weighted by molar-refractivity contribution is 6.13. The van der Waals surface area contributed by atoms with E-state index < -0.39 is 42.6 Å². The van der Waals surface area contributed by atoms with Crippen molar-refractivity contribution in [2.45, 2.75) is 81.4 Å². The minimum atomic E-state index is -1.62. The SMILES string of the molecule is COc1cc2cc(C3CCCC3)c3c(O)c2c2c1C=CC(C1=C4C(=O)C=CC=C4[NH+]=C1)OCC1OC(O2)C(O)C(OC#CCc2cccc4c2CN(CC3=O)C4=O)C1O. The molecule has 1 saturated heterocycles. The van der Waals surface area contributed by atoms with Crippen molar-refractivity contribution in [1.29, 1.82) is 0 Å². The number of allylic oxidation sites excluding steroid dienone is 4. The van der Waals surface area contributed by atoms with Crippen LogP contribution in [0.1, 0.15) is 74.6 Å². The van der Waals surface area contributed by atoms with E-state index in [0.29, 0.717) is 44.7 Å². The monoisotopic (exact) mass is 797 g/mol. The Morgan fingerprint density at radius 1 is 1.03 bits per heavy atom. The van der Waals surface area contributed by atoms with Gasteiger partial charge in [0.1, 0.15) is 47.2 Å². The molecule has 13 nitrogen and oxygen atoms in total. The third kappa shape index (κ3) is 6.17. The van der Waals surface area contributed by atoms with Crippen molar-refractivity contribution < 1.29 is 58.4 Å². The van der Waals surface area contributed by atoms with Crippen LogP contribution in [-0.4, -0.2) is 101 Å². The van der Waals surface area contributed by atoms with E-state index in [1.165, 1.54) is 18.1 Å². The van der Waals surface area contributed by atoms with Crippen LogP contribution in [0.25, 0.3) is 16.8 Å². The molecule has 0 spiro atoms. The number of ketones is 2. The summed E-state index contributed by atoms with van der Waals surface area (Å²) in [5.41, 5.74) is 4.61. The van der Waals surface area contributed by atoms with Gasteiger partial charge in [-0.25, -0.2) is 4.99 Å². The largest absolute Gasteiger partial charge is 0.506 e. The van der Waals surface area contributed by atoms with E-state index >= 15 is 0 Å². The zero-order valence-corrected chi connectivity index (χ0v) is 32.1. The molecule has 6 unspecified atom stereocenters. The van der Waals surface area contributed by atoms with E-state index in [1.807, 2.05) is 12.1 Å². The molecule has 4 N–H and O–H groups in total. The number of amides is 1. The third-order valence-corrected chi connectivity index (χ3v) is 12.5. The van der Waals surface area contributed by atoms with Crippen LogP contribution in [0.15, 0.2) is 71.5 Å². The van der Waals surface area contributed by atoms with Crippen LogP contribution in [0.4, 0.5) is 0 Å². The van der Waals surface area contributed by atoms with Crippen LogP contribution in [0.2, 0.25) is 0 Å². The Hall–Kier alpha value is -6.04. The number of carbonyl (C=O) groups is 3. The lowest BCUT2D eigenvalue weighted by Gasteiger charge is -2.41. The fraction of sp³-hybridized carbons (Fsp3) is 0.348. The summed E-state index contributed by atoms with van der Waals surface area (Å²) in [4.78, 5) is 46.4. The zero-order valence-electron chi connectivity index (χ0n) is 32.1. The molecule has 300 valence electrons. The number of ether oxygens (including phenoxy) is 5. The average molecular weight is 798 g/mol. The number of aliphatic hydroxyl groups excluding tert-OH is 2. The normalized spacial score (nSPS) is 27.4. The fourth-order valence-electron chi connectivity index (χ4n) is 9.50. The molecule has 3 aromatic rings. The lowest BCUT2D eigenvalue weighted by atomic mass is 9.86. The fourth-order valence-corrected chi connectivity index (χ4v) is 9.50. The van der Waals surface area contributed by atoms with Gasteiger partial charge in [-0.1, -0.05) is 43.0 Å². The van der Waals surface area contributed by atoms with Gasteiger partial charge in [0.25, 0.3) is 5.91 Å². The molecule has 5 heterocycles. The Kier molecular flexibility index (Phi) is 9.25. The zero-order chi connectivity index (χ0) is 40.5. The first kappa shape index (κ1) is 37.2. The van der Waals surface area contributed by atoms with E-state index in [-0.39, 0.29) is 66.2 Å². The first-order valence-corrected chi connectivity index (χ1v) is 19.9. The quantitative estimate of drug-likeness (QED) is 0.287. The van der Waals surface area contributed by atoms with Crippen molar-refractivity contribution in [3.05, 3.63) is 105 Å². The van der Waals surface area contributed by atoms with E-state index in [1.54, 1.807) is 48.7 Å².